The van der Waals surface area contributed by atoms with Gasteiger partial charge >= 0.3 is 0 Å². The van der Waals surface area contributed by atoms with Crippen LogP contribution in [-0.2, 0) is 11.2 Å². The average Bonchev–Trinajstić information content (AvgIpc) is 2.35. The Hall–Kier alpha value is -0.530. The van der Waals surface area contributed by atoms with Gasteiger partial charge in [0.05, 0.1) is 10.0 Å². The summed E-state index contributed by atoms with van der Waals surface area (Å²) in [5.41, 5.74) is 1.24. The summed E-state index contributed by atoms with van der Waals surface area (Å²) < 4.78 is 0. The molecule has 0 N–H and O–H groups in total. The van der Waals surface area contributed by atoms with Gasteiger partial charge in [0.15, 0.2) is 0 Å². The molecule has 104 valence electrons. The Morgan fingerprint density at radius 3 is 2.53 bits per heavy atom. The normalized spacial score (nSPS) is 19.4. The summed E-state index contributed by atoms with van der Waals surface area (Å²) in [6, 6.07) is 5.49. The molecule has 1 nitrogen and oxygen atoms in total. The largest absolute Gasteiger partial charge is 0.299 e. The van der Waals surface area contributed by atoms with Crippen molar-refractivity contribution in [1.29, 1.82) is 0 Å². The minimum atomic E-state index is 0.197. The van der Waals surface area contributed by atoms with E-state index in [1.54, 1.807) is 6.07 Å². The zero-order valence-corrected chi connectivity index (χ0v) is 13.0. The van der Waals surface area contributed by atoms with E-state index in [2.05, 4.69) is 13.8 Å². The first-order valence-corrected chi connectivity index (χ1v) is 7.60. The van der Waals surface area contributed by atoms with Gasteiger partial charge in [-0.3, -0.25) is 4.79 Å². The van der Waals surface area contributed by atoms with Gasteiger partial charge in [0.25, 0.3) is 0 Å². The van der Waals surface area contributed by atoms with Crippen LogP contribution in [0.5, 0.6) is 0 Å². The molecule has 1 aliphatic carbocycles. The fourth-order valence-corrected chi connectivity index (χ4v) is 3.13. The number of benzene rings is 1. The van der Waals surface area contributed by atoms with Gasteiger partial charge in [-0.25, -0.2) is 0 Å². The standard InChI is InChI=1S/C16H20Cl2O/c1-16(2)8-6-11(7-9-16)14(19)10-12-4-3-5-13(17)15(12)18/h3-5,11H,6-10H2,1-2H3. The zero-order chi connectivity index (χ0) is 14.0. The van der Waals surface area contributed by atoms with Crippen molar-refractivity contribution in [2.75, 3.05) is 0 Å². The maximum atomic E-state index is 12.3. The van der Waals surface area contributed by atoms with E-state index in [4.69, 9.17) is 23.2 Å². The van der Waals surface area contributed by atoms with E-state index in [0.29, 0.717) is 27.7 Å². The second-order valence-corrected chi connectivity index (χ2v) is 7.08. The summed E-state index contributed by atoms with van der Waals surface area (Å²) in [7, 11) is 0. The highest BCUT2D eigenvalue weighted by Gasteiger charge is 2.30. The van der Waals surface area contributed by atoms with Crippen LogP contribution in [-0.4, -0.2) is 5.78 Å². The molecule has 1 fully saturated rings. The van der Waals surface area contributed by atoms with E-state index in [9.17, 15) is 4.79 Å². The van der Waals surface area contributed by atoms with Gasteiger partial charge in [0.1, 0.15) is 5.78 Å². The van der Waals surface area contributed by atoms with Crippen molar-refractivity contribution < 1.29 is 4.79 Å². The molecule has 0 saturated heterocycles. The number of carbonyl (C=O) groups excluding carboxylic acids is 1. The van der Waals surface area contributed by atoms with Gasteiger partial charge in [-0.2, -0.15) is 0 Å². The lowest BCUT2D eigenvalue weighted by molar-refractivity contribution is -0.123. The number of carbonyl (C=O) groups is 1. The van der Waals surface area contributed by atoms with Gasteiger partial charge in [-0.1, -0.05) is 49.2 Å². The third-order valence-electron chi connectivity index (χ3n) is 4.19. The number of rotatable bonds is 3. The minimum absolute atomic E-state index is 0.197. The summed E-state index contributed by atoms with van der Waals surface area (Å²) in [5, 5.41) is 1.05. The van der Waals surface area contributed by atoms with Crippen LogP contribution >= 0.6 is 23.2 Å². The Bertz CT molecular complexity index is 470. The molecular formula is C16H20Cl2O. The highest BCUT2D eigenvalue weighted by molar-refractivity contribution is 6.42. The van der Waals surface area contributed by atoms with Gasteiger partial charge in [-0.15, -0.1) is 0 Å². The summed E-state index contributed by atoms with van der Waals surface area (Å²) in [5.74, 6) is 0.503. The summed E-state index contributed by atoms with van der Waals surface area (Å²) >= 11 is 12.1. The molecule has 0 atom stereocenters. The minimum Gasteiger partial charge on any atom is -0.299 e. The molecule has 0 spiro atoms. The molecule has 0 amide bonds. The number of halogens is 2. The van der Waals surface area contributed by atoms with E-state index in [1.165, 1.54) is 0 Å². The molecule has 19 heavy (non-hydrogen) atoms. The third kappa shape index (κ3) is 3.73. The van der Waals surface area contributed by atoms with Crippen LogP contribution in [0.1, 0.15) is 45.1 Å². The van der Waals surface area contributed by atoms with Crippen LogP contribution in [0.25, 0.3) is 0 Å². The van der Waals surface area contributed by atoms with Crippen LogP contribution in [0.3, 0.4) is 0 Å². The lowest BCUT2D eigenvalue weighted by Gasteiger charge is -2.33. The fraction of sp³-hybridized carbons (Fsp3) is 0.562. The zero-order valence-electron chi connectivity index (χ0n) is 11.5. The Morgan fingerprint density at radius 1 is 1.26 bits per heavy atom. The molecule has 1 aliphatic rings. The third-order valence-corrected chi connectivity index (χ3v) is 5.05. The second-order valence-electron chi connectivity index (χ2n) is 6.29. The van der Waals surface area contributed by atoms with E-state index >= 15 is 0 Å². The monoisotopic (exact) mass is 298 g/mol. The van der Waals surface area contributed by atoms with Crippen molar-refractivity contribution in [3.8, 4) is 0 Å². The van der Waals surface area contributed by atoms with Crippen molar-refractivity contribution in [3.63, 3.8) is 0 Å². The van der Waals surface area contributed by atoms with Crippen molar-refractivity contribution >= 4 is 29.0 Å². The number of Topliss-reactive ketones (excluding diaryl/α,β-unsaturated/α-hetero) is 1. The van der Waals surface area contributed by atoms with Gasteiger partial charge < -0.3 is 0 Å². The number of ketones is 1. The van der Waals surface area contributed by atoms with Gasteiger partial charge in [0.2, 0.25) is 0 Å². The van der Waals surface area contributed by atoms with Crippen LogP contribution in [0, 0.1) is 11.3 Å². The first-order chi connectivity index (χ1) is 8.89. The van der Waals surface area contributed by atoms with E-state index in [1.807, 2.05) is 12.1 Å². The molecule has 0 unspecified atom stereocenters. The molecule has 0 aliphatic heterocycles. The molecular weight excluding hydrogens is 279 g/mol. The molecule has 3 heteroatoms. The first kappa shape index (κ1) is 14.9. The van der Waals surface area contributed by atoms with Crippen molar-refractivity contribution in [1.82, 2.24) is 0 Å². The maximum Gasteiger partial charge on any atom is 0.140 e. The maximum absolute atomic E-state index is 12.3. The fourth-order valence-electron chi connectivity index (χ4n) is 2.74. The Kier molecular flexibility index (Phi) is 4.58. The van der Waals surface area contributed by atoms with E-state index in [0.717, 1.165) is 31.2 Å². The Morgan fingerprint density at radius 2 is 1.89 bits per heavy atom. The molecule has 2 rings (SSSR count). The quantitative estimate of drug-likeness (QED) is 0.738. The van der Waals surface area contributed by atoms with Crippen LogP contribution in [0.2, 0.25) is 10.0 Å². The molecule has 1 aromatic rings. The smallest absolute Gasteiger partial charge is 0.140 e. The van der Waals surface area contributed by atoms with E-state index in [-0.39, 0.29) is 5.92 Å². The highest BCUT2D eigenvalue weighted by atomic mass is 35.5. The van der Waals surface area contributed by atoms with Crippen LogP contribution in [0.4, 0.5) is 0 Å². The van der Waals surface area contributed by atoms with Crippen molar-refractivity contribution in [2.24, 2.45) is 11.3 Å². The topological polar surface area (TPSA) is 17.1 Å². The summed E-state index contributed by atoms with van der Waals surface area (Å²) in [6.07, 6.45) is 4.68. The first-order valence-electron chi connectivity index (χ1n) is 6.85. The van der Waals surface area contributed by atoms with Crippen molar-refractivity contribution in [3.05, 3.63) is 33.8 Å². The molecule has 0 radical (unpaired) electrons. The molecule has 1 saturated carbocycles. The summed E-state index contributed by atoms with van der Waals surface area (Å²) in [6.45, 7) is 4.56. The lowest BCUT2D eigenvalue weighted by atomic mass is 9.71. The Labute approximate surface area is 125 Å². The van der Waals surface area contributed by atoms with Crippen LogP contribution in [0.15, 0.2) is 18.2 Å². The molecule has 0 heterocycles. The molecule has 0 bridgehead atoms. The number of hydrogen-bond acceptors (Lipinski definition) is 1. The predicted molar refractivity (Wildman–Crippen MR) is 80.9 cm³/mol. The lowest BCUT2D eigenvalue weighted by Crippen LogP contribution is -2.27. The summed E-state index contributed by atoms with van der Waals surface area (Å²) in [4.78, 5) is 12.3. The molecule has 1 aromatic carbocycles. The predicted octanol–water partition coefficient (Wildman–Crippen LogP) is 5.32. The van der Waals surface area contributed by atoms with Gasteiger partial charge in [-0.05, 0) is 42.7 Å². The van der Waals surface area contributed by atoms with Crippen LogP contribution < -0.4 is 0 Å². The highest BCUT2D eigenvalue weighted by Crippen LogP contribution is 2.39. The number of hydrogen-bond donors (Lipinski definition) is 0. The SMILES string of the molecule is CC1(C)CCC(C(=O)Cc2cccc(Cl)c2Cl)CC1. The molecule has 0 aromatic heterocycles. The average molecular weight is 299 g/mol. The Balaban J connectivity index is 2.00. The van der Waals surface area contributed by atoms with Gasteiger partial charge in [0, 0.05) is 12.3 Å². The second kappa shape index (κ2) is 5.85. The van der Waals surface area contributed by atoms with Crippen molar-refractivity contribution in [2.45, 2.75) is 46.0 Å². The van der Waals surface area contributed by atoms with E-state index < -0.39 is 0 Å².